The monoisotopic (exact) mass is 288 g/mol. The lowest BCUT2D eigenvalue weighted by atomic mass is 9.95. The van der Waals surface area contributed by atoms with E-state index in [1.165, 1.54) is 24.0 Å². The number of carbonyl (C=O) groups excluding carboxylic acids is 1. The first kappa shape index (κ1) is 14.5. The van der Waals surface area contributed by atoms with Crippen molar-refractivity contribution in [2.45, 2.75) is 25.8 Å². The second-order valence-corrected chi connectivity index (χ2v) is 6.12. The van der Waals surface area contributed by atoms with Crippen LogP contribution in [0.5, 0.6) is 0 Å². The Bertz CT molecular complexity index is 512. The third-order valence-electron chi connectivity index (χ3n) is 4.34. The summed E-state index contributed by atoms with van der Waals surface area (Å²) in [6.07, 6.45) is 3.54. The van der Waals surface area contributed by atoms with Gasteiger partial charge < -0.3 is 15.0 Å². The van der Waals surface area contributed by atoms with E-state index >= 15 is 0 Å². The van der Waals surface area contributed by atoms with E-state index in [4.69, 9.17) is 4.74 Å². The molecule has 0 spiro atoms. The zero-order valence-electron chi connectivity index (χ0n) is 12.7. The Morgan fingerprint density at radius 2 is 2.29 bits per heavy atom. The minimum Gasteiger partial charge on any atom is -0.379 e. The largest absolute Gasteiger partial charge is 0.379 e. The maximum absolute atomic E-state index is 12.6. The second-order valence-electron chi connectivity index (χ2n) is 6.12. The molecule has 2 aliphatic rings. The highest BCUT2D eigenvalue weighted by Gasteiger charge is 2.22. The molecule has 1 heterocycles. The van der Waals surface area contributed by atoms with Crippen molar-refractivity contribution >= 4 is 5.91 Å². The van der Waals surface area contributed by atoms with E-state index in [9.17, 15) is 4.79 Å². The molecular formula is C17H24N2O2. The molecule has 21 heavy (non-hydrogen) atoms. The maximum atomic E-state index is 12.6. The molecule has 0 atom stereocenters. The average Bonchev–Trinajstić information content (AvgIpc) is 3.34. The predicted molar refractivity (Wildman–Crippen MR) is 82.4 cm³/mol. The Morgan fingerprint density at radius 1 is 1.43 bits per heavy atom. The van der Waals surface area contributed by atoms with Crippen molar-refractivity contribution in [2.24, 2.45) is 5.92 Å². The van der Waals surface area contributed by atoms with Gasteiger partial charge in [-0.15, -0.1) is 0 Å². The number of ether oxygens (including phenoxy) is 1. The normalized spacial score (nSPS) is 17.4. The van der Waals surface area contributed by atoms with Gasteiger partial charge >= 0.3 is 0 Å². The number of benzene rings is 1. The number of fused-ring (bicyclic) bond motifs is 1. The molecule has 1 aliphatic carbocycles. The number of likely N-dealkylation sites (N-methyl/N-ethyl adjacent to an activating group) is 1. The third-order valence-corrected chi connectivity index (χ3v) is 4.34. The number of nitrogens with zero attached hydrogens (tertiary/aromatic N) is 1. The van der Waals surface area contributed by atoms with Gasteiger partial charge in [-0.3, -0.25) is 4.79 Å². The van der Waals surface area contributed by atoms with Crippen LogP contribution in [-0.2, 0) is 17.7 Å². The van der Waals surface area contributed by atoms with Crippen molar-refractivity contribution in [2.75, 3.05) is 33.4 Å². The highest BCUT2D eigenvalue weighted by molar-refractivity contribution is 5.96. The molecule has 1 aromatic rings. The summed E-state index contributed by atoms with van der Waals surface area (Å²) in [6.45, 7) is 3.97. The van der Waals surface area contributed by atoms with Crippen molar-refractivity contribution in [1.29, 1.82) is 0 Å². The fourth-order valence-electron chi connectivity index (χ4n) is 2.78. The Balaban J connectivity index is 1.58. The lowest BCUT2D eigenvalue weighted by Gasteiger charge is -2.23. The van der Waals surface area contributed by atoms with Crippen LogP contribution >= 0.6 is 0 Å². The second kappa shape index (κ2) is 6.58. The van der Waals surface area contributed by atoms with Gasteiger partial charge in [0.05, 0.1) is 6.61 Å². The molecule has 0 bridgehead atoms. The first-order valence-electron chi connectivity index (χ1n) is 7.90. The predicted octanol–water partition coefficient (Wildman–Crippen LogP) is 1.83. The first-order chi connectivity index (χ1) is 10.3. The van der Waals surface area contributed by atoms with Crippen LogP contribution in [-0.4, -0.2) is 44.2 Å². The number of rotatable bonds is 6. The van der Waals surface area contributed by atoms with Crippen molar-refractivity contribution in [1.82, 2.24) is 10.2 Å². The number of amides is 1. The van der Waals surface area contributed by atoms with E-state index < -0.39 is 0 Å². The summed E-state index contributed by atoms with van der Waals surface area (Å²) in [5, 5.41) is 3.35. The standard InChI is InChI=1S/C17H24N2O2/c1-19(9-10-21-12-13-5-6-13)17(20)16-4-2-3-14-11-18-8-7-15(14)16/h2-4,13,18H,5-12H2,1H3. The molecule has 1 N–H and O–H groups in total. The van der Waals surface area contributed by atoms with E-state index in [0.29, 0.717) is 13.2 Å². The lowest BCUT2D eigenvalue weighted by molar-refractivity contribution is 0.0680. The van der Waals surface area contributed by atoms with Crippen LogP contribution in [0, 0.1) is 5.92 Å². The van der Waals surface area contributed by atoms with Gasteiger partial charge in [-0.1, -0.05) is 12.1 Å². The van der Waals surface area contributed by atoms with Crippen molar-refractivity contribution < 1.29 is 9.53 Å². The molecule has 0 aromatic heterocycles. The van der Waals surface area contributed by atoms with Crippen molar-refractivity contribution in [3.63, 3.8) is 0 Å². The van der Waals surface area contributed by atoms with Gasteiger partial charge in [0.2, 0.25) is 0 Å². The molecule has 1 aliphatic heterocycles. The van der Waals surface area contributed by atoms with Crippen LogP contribution in [0.1, 0.15) is 34.3 Å². The third kappa shape index (κ3) is 3.63. The van der Waals surface area contributed by atoms with E-state index in [0.717, 1.165) is 37.6 Å². The molecule has 0 unspecified atom stereocenters. The zero-order valence-corrected chi connectivity index (χ0v) is 12.7. The summed E-state index contributed by atoms with van der Waals surface area (Å²) < 4.78 is 5.62. The Hall–Kier alpha value is -1.39. The van der Waals surface area contributed by atoms with Gasteiger partial charge in [0.1, 0.15) is 0 Å². The smallest absolute Gasteiger partial charge is 0.253 e. The van der Waals surface area contributed by atoms with Crippen LogP contribution in [0.3, 0.4) is 0 Å². The van der Waals surface area contributed by atoms with Gasteiger partial charge in [0, 0.05) is 32.3 Å². The molecule has 0 saturated heterocycles. The van der Waals surface area contributed by atoms with Crippen LogP contribution in [0.25, 0.3) is 0 Å². The maximum Gasteiger partial charge on any atom is 0.253 e. The van der Waals surface area contributed by atoms with E-state index in [2.05, 4.69) is 11.4 Å². The minimum atomic E-state index is 0.115. The van der Waals surface area contributed by atoms with Crippen molar-refractivity contribution in [3.05, 3.63) is 34.9 Å². The number of nitrogens with one attached hydrogen (secondary N) is 1. The van der Waals surface area contributed by atoms with Crippen LogP contribution in [0.15, 0.2) is 18.2 Å². The highest BCUT2D eigenvalue weighted by Crippen LogP contribution is 2.28. The molecule has 114 valence electrons. The summed E-state index contributed by atoms with van der Waals surface area (Å²) in [5.41, 5.74) is 3.33. The van der Waals surface area contributed by atoms with Crippen molar-refractivity contribution in [3.8, 4) is 0 Å². The quantitative estimate of drug-likeness (QED) is 0.812. The summed E-state index contributed by atoms with van der Waals surface area (Å²) >= 11 is 0. The summed E-state index contributed by atoms with van der Waals surface area (Å²) in [6, 6.07) is 6.04. The summed E-state index contributed by atoms with van der Waals surface area (Å²) in [4.78, 5) is 14.4. The molecule has 1 amide bonds. The molecule has 1 saturated carbocycles. The number of hydrogen-bond donors (Lipinski definition) is 1. The zero-order chi connectivity index (χ0) is 14.7. The molecule has 1 aromatic carbocycles. The Labute approximate surface area is 126 Å². The Morgan fingerprint density at radius 3 is 3.10 bits per heavy atom. The van der Waals surface area contributed by atoms with E-state index in [1.54, 1.807) is 4.90 Å². The van der Waals surface area contributed by atoms with E-state index in [1.807, 2.05) is 19.2 Å². The van der Waals surface area contributed by atoms with Gasteiger partial charge in [-0.2, -0.15) is 0 Å². The highest BCUT2D eigenvalue weighted by atomic mass is 16.5. The molecule has 1 fully saturated rings. The fraction of sp³-hybridized carbons (Fsp3) is 0.588. The number of carbonyl (C=O) groups is 1. The average molecular weight is 288 g/mol. The lowest BCUT2D eigenvalue weighted by Crippen LogP contribution is -2.33. The molecule has 4 heteroatoms. The van der Waals surface area contributed by atoms with Gasteiger partial charge in [0.25, 0.3) is 5.91 Å². The van der Waals surface area contributed by atoms with Crippen LogP contribution in [0.2, 0.25) is 0 Å². The fourth-order valence-corrected chi connectivity index (χ4v) is 2.78. The summed E-state index contributed by atoms with van der Waals surface area (Å²) in [7, 11) is 1.86. The van der Waals surface area contributed by atoms with Crippen LogP contribution in [0.4, 0.5) is 0 Å². The first-order valence-corrected chi connectivity index (χ1v) is 7.90. The molecular weight excluding hydrogens is 264 g/mol. The number of hydrogen-bond acceptors (Lipinski definition) is 3. The van der Waals surface area contributed by atoms with Crippen LogP contribution < -0.4 is 5.32 Å². The minimum absolute atomic E-state index is 0.115. The van der Waals surface area contributed by atoms with Gasteiger partial charge in [0.15, 0.2) is 0 Å². The van der Waals surface area contributed by atoms with Gasteiger partial charge in [-0.25, -0.2) is 0 Å². The SMILES string of the molecule is CN(CCOCC1CC1)C(=O)c1cccc2c1CCNC2. The Kier molecular flexibility index (Phi) is 4.56. The van der Waals surface area contributed by atoms with E-state index in [-0.39, 0.29) is 5.91 Å². The molecule has 4 nitrogen and oxygen atoms in total. The summed E-state index contributed by atoms with van der Waals surface area (Å²) in [5.74, 6) is 0.892. The topological polar surface area (TPSA) is 41.6 Å². The molecule has 0 radical (unpaired) electrons. The molecule has 3 rings (SSSR count). The van der Waals surface area contributed by atoms with Gasteiger partial charge in [-0.05, 0) is 48.9 Å².